The largest absolute Gasteiger partial charge is 0.354 e. The molecule has 156 valence electrons. The maximum atomic E-state index is 12.1. The second-order valence-corrected chi connectivity index (χ2v) is 8.55. The zero-order chi connectivity index (χ0) is 20.6. The second kappa shape index (κ2) is 10.8. The number of carbonyl (C=O) groups is 1. The Kier molecular flexibility index (Phi) is 8.15. The Morgan fingerprint density at radius 3 is 2.59 bits per heavy atom. The van der Waals surface area contributed by atoms with Gasteiger partial charge in [-0.15, -0.1) is 0 Å². The molecule has 1 aromatic heterocycles. The summed E-state index contributed by atoms with van der Waals surface area (Å²) in [6.45, 7) is 6.74. The van der Waals surface area contributed by atoms with Crippen molar-refractivity contribution in [3.8, 4) is 0 Å². The molecule has 1 aliphatic heterocycles. The molecule has 0 saturated carbocycles. The molecule has 1 N–H and O–H groups in total. The lowest BCUT2D eigenvalue weighted by Gasteiger charge is -2.33. The van der Waals surface area contributed by atoms with Gasteiger partial charge in [-0.3, -0.25) is 4.79 Å². The van der Waals surface area contributed by atoms with E-state index < -0.39 is 0 Å². The van der Waals surface area contributed by atoms with Crippen LogP contribution in [0, 0.1) is 0 Å². The quantitative estimate of drug-likeness (QED) is 0.296. The van der Waals surface area contributed by atoms with Crippen LogP contribution in [0.4, 0.5) is 5.82 Å². The fourth-order valence-corrected chi connectivity index (χ4v) is 4.07. The molecule has 2 heterocycles. The van der Waals surface area contributed by atoms with Crippen molar-refractivity contribution in [2.45, 2.75) is 30.7 Å². The third kappa shape index (κ3) is 6.59. The first-order chi connectivity index (χ1) is 14.0. The molecular formula is C21H28ClN5OS. The van der Waals surface area contributed by atoms with Crippen LogP contribution >= 0.6 is 23.4 Å². The van der Waals surface area contributed by atoms with Gasteiger partial charge in [0.25, 0.3) is 5.91 Å². The van der Waals surface area contributed by atoms with Gasteiger partial charge in [-0.25, -0.2) is 9.97 Å². The van der Waals surface area contributed by atoms with Crippen LogP contribution in [0.5, 0.6) is 0 Å². The van der Waals surface area contributed by atoms with Gasteiger partial charge < -0.3 is 15.1 Å². The molecule has 2 aromatic rings. The average molecular weight is 434 g/mol. The molecule has 0 radical (unpaired) electrons. The number of thioether (sulfide) groups is 1. The highest BCUT2D eigenvalue weighted by atomic mass is 35.5. The minimum atomic E-state index is -0.0207. The first kappa shape index (κ1) is 21.9. The van der Waals surface area contributed by atoms with E-state index in [1.807, 2.05) is 30.3 Å². The van der Waals surface area contributed by atoms with Gasteiger partial charge in [0.2, 0.25) is 0 Å². The second-order valence-electron chi connectivity index (χ2n) is 7.22. The Balaban J connectivity index is 1.57. The molecule has 0 atom stereocenters. The van der Waals surface area contributed by atoms with Crippen LogP contribution in [0.3, 0.4) is 0 Å². The van der Waals surface area contributed by atoms with Gasteiger partial charge in [-0.05, 0) is 31.2 Å². The van der Waals surface area contributed by atoms with Crippen molar-refractivity contribution >= 4 is 35.1 Å². The van der Waals surface area contributed by atoms with Gasteiger partial charge in [0.1, 0.15) is 11.0 Å². The number of carbonyl (C=O) groups excluding carboxylic acids is 1. The normalized spacial score (nSPS) is 14.8. The molecule has 3 rings (SSSR count). The van der Waals surface area contributed by atoms with E-state index in [1.165, 1.54) is 0 Å². The molecular weight excluding hydrogens is 406 g/mol. The van der Waals surface area contributed by atoms with Crippen LogP contribution in [0.15, 0.2) is 35.5 Å². The summed E-state index contributed by atoms with van der Waals surface area (Å²) in [5.41, 5.74) is 1.80. The Morgan fingerprint density at radius 1 is 1.17 bits per heavy atom. The predicted molar refractivity (Wildman–Crippen MR) is 120 cm³/mol. The standard InChI is InChI=1S/C21H28ClN5OS/c1-3-4-9-23-20(28)17-7-5-16(6-8-17)15-29-21-24-18(22)14-19(25-21)27-12-10-26(2)11-13-27/h5-8,14H,3-4,9-13,15H2,1-2H3,(H,23,28). The first-order valence-corrected chi connectivity index (χ1v) is 11.4. The van der Waals surface area contributed by atoms with Gasteiger partial charge >= 0.3 is 0 Å². The number of hydrogen-bond donors (Lipinski definition) is 1. The third-order valence-corrected chi connectivity index (χ3v) is 6.00. The lowest BCUT2D eigenvalue weighted by Crippen LogP contribution is -2.44. The Morgan fingerprint density at radius 2 is 1.90 bits per heavy atom. The zero-order valence-corrected chi connectivity index (χ0v) is 18.6. The van der Waals surface area contributed by atoms with Gasteiger partial charge in [0, 0.05) is 50.1 Å². The number of nitrogens with zero attached hydrogens (tertiary/aromatic N) is 4. The topological polar surface area (TPSA) is 61.4 Å². The van der Waals surface area contributed by atoms with Crippen molar-refractivity contribution < 1.29 is 4.79 Å². The van der Waals surface area contributed by atoms with Gasteiger partial charge in [-0.2, -0.15) is 0 Å². The van der Waals surface area contributed by atoms with E-state index in [1.54, 1.807) is 11.8 Å². The number of nitrogens with one attached hydrogen (secondary N) is 1. The molecule has 1 aromatic carbocycles. The van der Waals surface area contributed by atoms with Gasteiger partial charge in [-0.1, -0.05) is 48.8 Å². The number of amides is 1. The van der Waals surface area contributed by atoms with Crippen molar-refractivity contribution in [3.05, 3.63) is 46.6 Å². The number of likely N-dealkylation sites (N-methyl/N-ethyl adjacent to an activating group) is 1. The predicted octanol–water partition coefficient (Wildman–Crippen LogP) is 3.70. The Hall–Kier alpha value is -1.83. The van der Waals surface area contributed by atoms with Crippen molar-refractivity contribution in [3.63, 3.8) is 0 Å². The molecule has 8 heteroatoms. The monoisotopic (exact) mass is 433 g/mol. The van der Waals surface area contributed by atoms with E-state index in [-0.39, 0.29) is 5.91 Å². The van der Waals surface area contributed by atoms with E-state index >= 15 is 0 Å². The fourth-order valence-electron chi connectivity index (χ4n) is 3.03. The summed E-state index contributed by atoms with van der Waals surface area (Å²) in [7, 11) is 2.13. The maximum absolute atomic E-state index is 12.1. The molecule has 29 heavy (non-hydrogen) atoms. The summed E-state index contributed by atoms with van der Waals surface area (Å²) in [4.78, 5) is 25.7. The SMILES string of the molecule is CCCCNC(=O)c1ccc(CSc2nc(Cl)cc(N3CCN(C)CC3)n2)cc1. The van der Waals surface area contributed by atoms with Crippen LogP contribution in [0.25, 0.3) is 0 Å². The van der Waals surface area contributed by atoms with E-state index in [4.69, 9.17) is 16.6 Å². The summed E-state index contributed by atoms with van der Waals surface area (Å²) in [5.74, 6) is 1.59. The summed E-state index contributed by atoms with van der Waals surface area (Å²) < 4.78 is 0. The maximum Gasteiger partial charge on any atom is 0.251 e. The van der Waals surface area contributed by atoms with Crippen molar-refractivity contribution in [2.24, 2.45) is 0 Å². The number of hydrogen-bond acceptors (Lipinski definition) is 6. The Labute approximate surface area is 182 Å². The van der Waals surface area contributed by atoms with E-state index in [9.17, 15) is 4.79 Å². The molecule has 0 aliphatic carbocycles. The molecule has 0 unspecified atom stereocenters. The number of anilines is 1. The van der Waals surface area contributed by atoms with Crippen LogP contribution in [0.2, 0.25) is 5.15 Å². The summed E-state index contributed by atoms with van der Waals surface area (Å²) in [6, 6.07) is 9.53. The van der Waals surface area contributed by atoms with Crippen LogP contribution in [0.1, 0.15) is 35.7 Å². The van der Waals surface area contributed by atoms with E-state index in [2.05, 4.69) is 34.1 Å². The van der Waals surface area contributed by atoms with Crippen molar-refractivity contribution in [2.75, 3.05) is 44.7 Å². The molecule has 1 fully saturated rings. The summed E-state index contributed by atoms with van der Waals surface area (Å²) >= 11 is 7.79. The number of rotatable bonds is 8. The highest BCUT2D eigenvalue weighted by Crippen LogP contribution is 2.25. The fraction of sp³-hybridized carbons (Fsp3) is 0.476. The smallest absolute Gasteiger partial charge is 0.251 e. The van der Waals surface area contributed by atoms with Crippen molar-refractivity contribution in [1.82, 2.24) is 20.2 Å². The number of aromatic nitrogens is 2. The van der Waals surface area contributed by atoms with Crippen LogP contribution in [-0.2, 0) is 5.75 Å². The van der Waals surface area contributed by atoms with E-state index in [0.717, 1.165) is 56.2 Å². The molecule has 0 spiro atoms. The minimum Gasteiger partial charge on any atom is -0.354 e. The number of piperazine rings is 1. The molecule has 6 nitrogen and oxygen atoms in total. The summed E-state index contributed by atoms with van der Waals surface area (Å²) in [6.07, 6.45) is 2.06. The molecule has 0 bridgehead atoms. The highest BCUT2D eigenvalue weighted by Gasteiger charge is 2.17. The zero-order valence-electron chi connectivity index (χ0n) is 17.0. The van der Waals surface area contributed by atoms with Gasteiger partial charge in [0.05, 0.1) is 0 Å². The number of benzene rings is 1. The third-order valence-electron chi connectivity index (χ3n) is 4.89. The lowest BCUT2D eigenvalue weighted by molar-refractivity contribution is 0.0953. The summed E-state index contributed by atoms with van der Waals surface area (Å²) in [5, 5.41) is 4.08. The average Bonchev–Trinajstić information content (AvgIpc) is 2.73. The molecule has 1 aliphatic rings. The minimum absolute atomic E-state index is 0.0207. The lowest BCUT2D eigenvalue weighted by atomic mass is 10.1. The molecule has 1 saturated heterocycles. The van der Waals surface area contributed by atoms with Gasteiger partial charge in [0.15, 0.2) is 5.16 Å². The van der Waals surface area contributed by atoms with E-state index in [0.29, 0.717) is 22.4 Å². The number of unbranched alkanes of at least 4 members (excludes halogenated alkanes) is 1. The molecule has 1 amide bonds. The van der Waals surface area contributed by atoms with Crippen molar-refractivity contribution in [1.29, 1.82) is 0 Å². The van der Waals surface area contributed by atoms with Crippen LogP contribution < -0.4 is 10.2 Å². The first-order valence-electron chi connectivity index (χ1n) is 10.0. The Bertz CT molecular complexity index is 809. The van der Waals surface area contributed by atoms with Crippen LogP contribution in [-0.4, -0.2) is 60.5 Å². The highest BCUT2D eigenvalue weighted by molar-refractivity contribution is 7.98. The number of halogens is 1.